The van der Waals surface area contributed by atoms with Gasteiger partial charge in [0.15, 0.2) is 5.75 Å². The molecule has 0 fully saturated rings. The van der Waals surface area contributed by atoms with E-state index in [9.17, 15) is 14.7 Å². The first kappa shape index (κ1) is 27.6. The van der Waals surface area contributed by atoms with E-state index in [4.69, 9.17) is 16.3 Å². The third-order valence-electron chi connectivity index (χ3n) is 6.77. The molecule has 9 heteroatoms. The molecule has 38 heavy (non-hydrogen) atoms. The van der Waals surface area contributed by atoms with Gasteiger partial charge in [-0.05, 0) is 49.9 Å². The number of hydrogen-bond donors (Lipinski definition) is 2. The van der Waals surface area contributed by atoms with E-state index in [-0.39, 0.29) is 36.5 Å². The van der Waals surface area contributed by atoms with Gasteiger partial charge < -0.3 is 20.1 Å². The van der Waals surface area contributed by atoms with Gasteiger partial charge in [0.05, 0.1) is 23.9 Å². The Labute approximate surface area is 228 Å². The number of fused-ring (bicyclic) bond motifs is 1. The number of para-hydroxylation sites is 1. The highest BCUT2D eigenvalue weighted by atomic mass is 35.5. The predicted molar refractivity (Wildman–Crippen MR) is 148 cm³/mol. The van der Waals surface area contributed by atoms with Crippen molar-refractivity contribution < 1.29 is 19.4 Å². The minimum Gasteiger partial charge on any atom is -0.486 e. The summed E-state index contributed by atoms with van der Waals surface area (Å²) < 4.78 is 6.58. The van der Waals surface area contributed by atoms with Crippen molar-refractivity contribution in [2.24, 2.45) is 5.92 Å². The molecule has 3 atom stereocenters. The number of nitrogens with zero attached hydrogens (tertiary/aromatic N) is 3. The first-order valence-electron chi connectivity index (χ1n) is 12.6. The quantitative estimate of drug-likeness (QED) is 0.445. The fourth-order valence-corrected chi connectivity index (χ4v) is 4.74. The molecule has 0 aliphatic carbocycles. The van der Waals surface area contributed by atoms with Crippen LogP contribution < -0.4 is 10.1 Å². The minimum atomic E-state index is -0.382. The van der Waals surface area contributed by atoms with E-state index in [1.807, 2.05) is 45.2 Å². The zero-order chi connectivity index (χ0) is 27.2. The highest BCUT2D eigenvalue weighted by Gasteiger charge is 2.34. The molecule has 1 aliphatic heterocycles. The average molecular weight is 537 g/mol. The Bertz CT molecular complexity index is 1270. The fraction of sp³-hybridized carbons (Fsp3) is 0.345. The van der Waals surface area contributed by atoms with Crippen LogP contribution in [0.3, 0.4) is 0 Å². The van der Waals surface area contributed by atoms with Crippen molar-refractivity contribution in [2.75, 3.05) is 32.1 Å². The summed E-state index contributed by atoms with van der Waals surface area (Å²) in [6, 6.07) is 15.7. The summed E-state index contributed by atoms with van der Waals surface area (Å²) >= 11 is 6.39. The van der Waals surface area contributed by atoms with E-state index < -0.39 is 0 Å². The number of anilines is 1. The average Bonchev–Trinajstić information content (AvgIpc) is 2.92. The van der Waals surface area contributed by atoms with Crippen LogP contribution in [0.1, 0.15) is 40.1 Å². The van der Waals surface area contributed by atoms with Gasteiger partial charge in [0, 0.05) is 48.5 Å². The lowest BCUT2D eigenvalue weighted by atomic mass is 9.98. The zero-order valence-corrected chi connectivity index (χ0v) is 22.6. The Balaban J connectivity index is 1.67. The molecule has 2 heterocycles. The number of aliphatic hydroxyl groups excluding tert-OH is 1. The number of likely N-dealkylation sites (N-methyl/N-ethyl adjacent to an activating group) is 1. The van der Waals surface area contributed by atoms with Gasteiger partial charge in [-0.2, -0.15) is 0 Å². The van der Waals surface area contributed by atoms with Crippen LogP contribution in [0, 0.1) is 5.92 Å². The Morgan fingerprint density at radius 3 is 2.66 bits per heavy atom. The number of aliphatic hydroxyl groups is 1. The van der Waals surface area contributed by atoms with Crippen LogP contribution in [-0.2, 0) is 6.54 Å². The van der Waals surface area contributed by atoms with Crippen molar-refractivity contribution in [3.05, 3.63) is 88.7 Å². The van der Waals surface area contributed by atoms with Crippen molar-refractivity contribution in [3.63, 3.8) is 0 Å². The van der Waals surface area contributed by atoms with E-state index in [1.165, 1.54) is 0 Å². The number of amides is 2. The fourth-order valence-electron chi connectivity index (χ4n) is 4.55. The van der Waals surface area contributed by atoms with Gasteiger partial charge in [-0.25, -0.2) is 0 Å². The predicted octanol–water partition coefficient (Wildman–Crippen LogP) is 4.34. The lowest BCUT2D eigenvalue weighted by Crippen LogP contribution is -2.49. The van der Waals surface area contributed by atoms with Gasteiger partial charge in [0.25, 0.3) is 11.8 Å². The number of halogens is 1. The van der Waals surface area contributed by atoms with Crippen LogP contribution in [0.4, 0.5) is 5.69 Å². The molecule has 0 spiro atoms. The van der Waals surface area contributed by atoms with Gasteiger partial charge in [-0.1, -0.05) is 42.8 Å². The number of rotatable bonds is 8. The molecule has 1 aliphatic rings. The second kappa shape index (κ2) is 12.4. The summed E-state index contributed by atoms with van der Waals surface area (Å²) in [4.78, 5) is 34.4. The molecule has 0 saturated heterocycles. The third-order valence-corrected chi connectivity index (χ3v) is 7.14. The second-order valence-electron chi connectivity index (χ2n) is 9.78. The molecule has 2 N–H and O–H groups in total. The first-order valence-corrected chi connectivity index (χ1v) is 13.0. The summed E-state index contributed by atoms with van der Waals surface area (Å²) in [5, 5.41) is 13.5. The Morgan fingerprint density at radius 2 is 1.95 bits per heavy atom. The topological polar surface area (TPSA) is 95.0 Å². The molecule has 0 saturated carbocycles. The molecule has 0 bridgehead atoms. The lowest BCUT2D eigenvalue weighted by molar-refractivity contribution is 0.0343. The molecule has 0 radical (unpaired) electrons. The number of ether oxygens (including phenoxy) is 1. The Kier molecular flexibility index (Phi) is 8.99. The SMILES string of the molecule is CC1CN(C(C)CO)C(=O)c2cccc(NC(=O)c3ccncc3)c2OC1CN(C)Cc1ccccc1Cl. The first-order chi connectivity index (χ1) is 18.3. The summed E-state index contributed by atoms with van der Waals surface area (Å²) in [5.74, 6) is -0.340. The number of carbonyl (C=O) groups is 2. The normalized spacial score (nSPS) is 18.3. The van der Waals surface area contributed by atoms with Crippen molar-refractivity contribution in [2.45, 2.75) is 32.5 Å². The number of pyridine rings is 1. The van der Waals surface area contributed by atoms with Gasteiger partial charge in [-0.3, -0.25) is 19.5 Å². The third kappa shape index (κ3) is 6.32. The second-order valence-corrected chi connectivity index (χ2v) is 10.2. The number of hydrogen-bond acceptors (Lipinski definition) is 6. The van der Waals surface area contributed by atoms with Gasteiger partial charge in [0.1, 0.15) is 6.10 Å². The number of benzene rings is 2. The Hall–Kier alpha value is -3.46. The van der Waals surface area contributed by atoms with Crippen molar-refractivity contribution in [1.82, 2.24) is 14.8 Å². The molecule has 8 nitrogen and oxygen atoms in total. The summed E-state index contributed by atoms with van der Waals surface area (Å²) in [6.45, 7) is 5.27. The Morgan fingerprint density at radius 1 is 1.21 bits per heavy atom. The maximum Gasteiger partial charge on any atom is 0.258 e. The largest absolute Gasteiger partial charge is 0.486 e. The van der Waals surface area contributed by atoms with E-state index in [0.717, 1.165) is 5.56 Å². The van der Waals surface area contributed by atoms with Gasteiger partial charge in [0.2, 0.25) is 0 Å². The van der Waals surface area contributed by atoms with Gasteiger partial charge >= 0.3 is 0 Å². The van der Waals surface area contributed by atoms with Crippen LogP contribution in [-0.4, -0.2) is 70.6 Å². The standard InChI is InChI=1S/C29H33ClN4O4/c1-19-15-34(20(2)18-35)29(37)23-8-6-10-25(32-28(36)21-11-13-31-14-12-21)27(23)38-26(19)17-33(3)16-22-7-4-5-9-24(22)30/h4-14,19-20,26,35H,15-18H2,1-3H3,(H,32,36). The van der Waals surface area contributed by atoms with Crippen LogP contribution in [0.25, 0.3) is 0 Å². The molecule has 2 aromatic carbocycles. The summed E-state index contributed by atoms with van der Waals surface area (Å²) in [5.41, 5.74) is 2.19. The molecule has 3 aromatic rings. The van der Waals surface area contributed by atoms with Crippen LogP contribution in [0.2, 0.25) is 5.02 Å². The summed E-state index contributed by atoms with van der Waals surface area (Å²) in [6.07, 6.45) is 2.78. The maximum absolute atomic E-state index is 13.6. The molecule has 4 rings (SSSR count). The smallest absolute Gasteiger partial charge is 0.258 e. The molecule has 2 amide bonds. The molecular formula is C29H33ClN4O4. The van der Waals surface area contributed by atoms with Crippen LogP contribution in [0.5, 0.6) is 5.75 Å². The van der Waals surface area contributed by atoms with E-state index in [1.54, 1.807) is 47.6 Å². The minimum absolute atomic E-state index is 0.0706. The number of nitrogens with one attached hydrogen (secondary N) is 1. The highest BCUT2D eigenvalue weighted by Crippen LogP contribution is 2.35. The van der Waals surface area contributed by atoms with Gasteiger partial charge in [-0.15, -0.1) is 0 Å². The molecule has 3 unspecified atom stereocenters. The van der Waals surface area contributed by atoms with E-state index in [2.05, 4.69) is 15.2 Å². The maximum atomic E-state index is 13.6. The van der Waals surface area contributed by atoms with Crippen molar-refractivity contribution in [3.8, 4) is 5.75 Å². The molecule has 200 valence electrons. The summed E-state index contributed by atoms with van der Waals surface area (Å²) in [7, 11) is 2.00. The number of aromatic nitrogens is 1. The van der Waals surface area contributed by atoms with E-state index in [0.29, 0.717) is 47.2 Å². The van der Waals surface area contributed by atoms with E-state index >= 15 is 0 Å². The highest BCUT2D eigenvalue weighted by molar-refractivity contribution is 6.31. The number of carbonyl (C=O) groups excluding carboxylic acids is 2. The molecule has 1 aromatic heterocycles. The zero-order valence-electron chi connectivity index (χ0n) is 21.8. The van der Waals surface area contributed by atoms with Crippen molar-refractivity contribution in [1.29, 1.82) is 0 Å². The lowest BCUT2D eigenvalue weighted by Gasteiger charge is -2.38. The van der Waals surface area contributed by atoms with Crippen molar-refractivity contribution >= 4 is 29.1 Å². The molecular weight excluding hydrogens is 504 g/mol. The van der Waals surface area contributed by atoms with Crippen LogP contribution >= 0.6 is 11.6 Å². The monoisotopic (exact) mass is 536 g/mol. The van der Waals surface area contributed by atoms with Crippen LogP contribution in [0.15, 0.2) is 67.0 Å².